The third-order valence-electron chi connectivity index (χ3n) is 4.18. The Balaban J connectivity index is 1.71. The van der Waals surface area contributed by atoms with Gasteiger partial charge in [-0.05, 0) is 63.5 Å². The third kappa shape index (κ3) is 4.61. The number of anilines is 4. The summed E-state index contributed by atoms with van der Waals surface area (Å²) in [5.74, 6) is 2.14. The van der Waals surface area contributed by atoms with Crippen LogP contribution in [-0.4, -0.2) is 38.6 Å². The summed E-state index contributed by atoms with van der Waals surface area (Å²) in [4.78, 5) is 23.9. The fourth-order valence-corrected chi connectivity index (χ4v) is 3.29. The van der Waals surface area contributed by atoms with Crippen LogP contribution in [0.5, 0.6) is 0 Å². The molecule has 0 saturated carbocycles. The second-order valence-electron chi connectivity index (χ2n) is 6.17. The number of amides is 1. The van der Waals surface area contributed by atoms with Crippen LogP contribution in [0.15, 0.2) is 30.3 Å². The summed E-state index contributed by atoms with van der Waals surface area (Å²) < 4.78 is 3.79. The molecule has 146 valence electrons. The Labute approximate surface area is 168 Å². The van der Waals surface area contributed by atoms with Gasteiger partial charge in [0.05, 0.1) is 5.69 Å². The van der Waals surface area contributed by atoms with Crippen LogP contribution in [0.1, 0.15) is 35.0 Å². The average molecular weight is 398 g/mol. The van der Waals surface area contributed by atoms with Crippen LogP contribution >= 0.6 is 11.5 Å². The van der Waals surface area contributed by atoms with Crippen LogP contribution < -0.4 is 15.5 Å². The van der Waals surface area contributed by atoms with E-state index >= 15 is 0 Å². The first kappa shape index (κ1) is 19.7. The molecule has 0 aliphatic heterocycles. The second-order valence-corrected chi connectivity index (χ2v) is 6.93. The third-order valence-corrected chi connectivity index (χ3v) is 5.01. The maximum Gasteiger partial charge on any atom is 0.269 e. The van der Waals surface area contributed by atoms with E-state index in [-0.39, 0.29) is 5.91 Å². The summed E-state index contributed by atoms with van der Waals surface area (Å²) in [5, 5.41) is 10.0. The zero-order chi connectivity index (χ0) is 20.1. The van der Waals surface area contributed by atoms with Crippen molar-refractivity contribution < 1.29 is 4.79 Å². The fraction of sp³-hybridized carbons (Fsp3) is 0.316. The van der Waals surface area contributed by atoms with E-state index in [0.29, 0.717) is 22.1 Å². The van der Waals surface area contributed by atoms with E-state index in [1.807, 2.05) is 37.3 Å². The zero-order valence-electron chi connectivity index (χ0n) is 16.4. The molecule has 3 aromatic rings. The van der Waals surface area contributed by atoms with Gasteiger partial charge in [-0.1, -0.05) is 4.49 Å². The number of carbonyl (C=O) groups excluding carboxylic acids is 1. The Kier molecular flexibility index (Phi) is 6.15. The van der Waals surface area contributed by atoms with Crippen molar-refractivity contribution in [3.8, 4) is 0 Å². The van der Waals surface area contributed by atoms with Crippen molar-refractivity contribution in [2.24, 2.45) is 0 Å². The molecule has 0 saturated heterocycles. The summed E-state index contributed by atoms with van der Waals surface area (Å²) >= 11 is 1.09. The second kappa shape index (κ2) is 8.75. The van der Waals surface area contributed by atoms with Crippen LogP contribution in [0, 0.1) is 13.8 Å². The quantitative estimate of drug-likeness (QED) is 0.626. The monoisotopic (exact) mass is 397 g/mol. The minimum Gasteiger partial charge on any atom is -0.357 e. The van der Waals surface area contributed by atoms with Gasteiger partial charge >= 0.3 is 0 Å². The minimum atomic E-state index is -0.205. The molecular formula is C19H23N7OS. The highest BCUT2D eigenvalue weighted by atomic mass is 32.1. The Morgan fingerprint density at radius 3 is 2.36 bits per heavy atom. The largest absolute Gasteiger partial charge is 0.357 e. The van der Waals surface area contributed by atoms with E-state index in [9.17, 15) is 4.79 Å². The number of hydrogen-bond acceptors (Lipinski definition) is 8. The number of nitrogens with zero attached hydrogens (tertiary/aromatic N) is 5. The molecule has 8 nitrogen and oxygen atoms in total. The molecule has 9 heteroatoms. The lowest BCUT2D eigenvalue weighted by atomic mass is 10.2. The van der Waals surface area contributed by atoms with E-state index in [1.54, 1.807) is 6.92 Å². The topological polar surface area (TPSA) is 95.9 Å². The molecule has 1 aromatic carbocycles. The first-order valence-corrected chi connectivity index (χ1v) is 9.85. The maximum absolute atomic E-state index is 12.2. The van der Waals surface area contributed by atoms with Crippen LogP contribution in [0.2, 0.25) is 0 Å². The number of nitrogens with one attached hydrogen (secondary N) is 2. The van der Waals surface area contributed by atoms with Gasteiger partial charge in [0.25, 0.3) is 5.91 Å². The number of carbonyl (C=O) groups is 1. The molecule has 1 amide bonds. The molecule has 0 aliphatic rings. The maximum atomic E-state index is 12.2. The highest BCUT2D eigenvalue weighted by Gasteiger charge is 2.13. The summed E-state index contributed by atoms with van der Waals surface area (Å²) in [5.41, 5.74) is 2.20. The van der Waals surface area contributed by atoms with E-state index in [4.69, 9.17) is 0 Å². The van der Waals surface area contributed by atoms with Gasteiger partial charge in [-0.2, -0.15) is 0 Å². The van der Waals surface area contributed by atoms with Gasteiger partial charge < -0.3 is 15.5 Å². The summed E-state index contributed by atoms with van der Waals surface area (Å²) in [7, 11) is 0. The van der Waals surface area contributed by atoms with E-state index in [0.717, 1.165) is 41.9 Å². The number of rotatable bonds is 7. The highest BCUT2D eigenvalue weighted by Crippen LogP contribution is 2.22. The normalized spacial score (nSPS) is 10.6. The van der Waals surface area contributed by atoms with Crippen molar-refractivity contribution in [3.63, 3.8) is 0 Å². The van der Waals surface area contributed by atoms with Gasteiger partial charge in [0.2, 0.25) is 0 Å². The standard InChI is InChI=1S/C19H23N7OS/c1-5-26(6-2)17-11-16(20-13(4)21-17)22-14-7-9-15(10-8-14)23-19(27)18-12(3)24-25-28-18/h7-11H,5-6H2,1-4H3,(H,23,27)(H,20,21,22). The molecule has 3 rings (SSSR count). The Morgan fingerprint density at radius 1 is 1.07 bits per heavy atom. The van der Waals surface area contributed by atoms with Crippen molar-refractivity contribution in [2.45, 2.75) is 27.7 Å². The molecular weight excluding hydrogens is 374 g/mol. The van der Waals surface area contributed by atoms with Gasteiger partial charge in [0.1, 0.15) is 22.3 Å². The van der Waals surface area contributed by atoms with Crippen molar-refractivity contribution in [1.82, 2.24) is 19.6 Å². The molecule has 28 heavy (non-hydrogen) atoms. The van der Waals surface area contributed by atoms with Crippen LogP contribution in [0.4, 0.5) is 23.0 Å². The number of aryl methyl sites for hydroxylation is 2. The SMILES string of the molecule is CCN(CC)c1cc(Nc2ccc(NC(=O)c3snnc3C)cc2)nc(C)n1. The van der Waals surface area contributed by atoms with Crippen molar-refractivity contribution >= 4 is 40.5 Å². The molecule has 0 atom stereocenters. The lowest BCUT2D eigenvalue weighted by Gasteiger charge is -2.20. The highest BCUT2D eigenvalue weighted by molar-refractivity contribution is 7.08. The molecule has 0 fully saturated rings. The van der Waals surface area contributed by atoms with Gasteiger partial charge in [-0.25, -0.2) is 9.97 Å². The van der Waals surface area contributed by atoms with Crippen molar-refractivity contribution in [3.05, 3.63) is 46.7 Å². The predicted octanol–water partition coefficient (Wildman–Crippen LogP) is 3.79. The summed E-state index contributed by atoms with van der Waals surface area (Å²) in [6.45, 7) is 9.62. The average Bonchev–Trinajstić information content (AvgIpc) is 3.10. The van der Waals surface area contributed by atoms with E-state index in [2.05, 4.69) is 48.9 Å². The van der Waals surface area contributed by atoms with Gasteiger partial charge in [0, 0.05) is 30.5 Å². The molecule has 0 aliphatic carbocycles. The van der Waals surface area contributed by atoms with Gasteiger partial charge in [0.15, 0.2) is 0 Å². The molecule has 2 heterocycles. The number of hydrogen-bond donors (Lipinski definition) is 2. The lowest BCUT2D eigenvalue weighted by Crippen LogP contribution is -2.23. The minimum absolute atomic E-state index is 0.205. The molecule has 0 unspecified atom stereocenters. The van der Waals surface area contributed by atoms with Gasteiger partial charge in [-0.3, -0.25) is 4.79 Å². The molecule has 0 spiro atoms. The Morgan fingerprint density at radius 2 is 1.75 bits per heavy atom. The Bertz CT molecular complexity index is 951. The molecule has 2 N–H and O–H groups in total. The summed E-state index contributed by atoms with van der Waals surface area (Å²) in [6.07, 6.45) is 0. The lowest BCUT2D eigenvalue weighted by molar-refractivity contribution is 0.103. The van der Waals surface area contributed by atoms with Crippen molar-refractivity contribution in [1.29, 1.82) is 0 Å². The molecule has 2 aromatic heterocycles. The van der Waals surface area contributed by atoms with Crippen LogP contribution in [-0.2, 0) is 0 Å². The van der Waals surface area contributed by atoms with E-state index in [1.165, 1.54) is 0 Å². The number of aromatic nitrogens is 4. The number of benzene rings is 1. The van der Waals surface area contributed by atoms with E-state index < -0.39 is 0 Å². The fourth-order valence-electron chi connectivity index (χ4n) is 2.74. The Hall–Kier alpha value is -3.07. The smallest absolute Gasteiger partial charge is 0.269 e. The van der Waals surface area contributed by atoms with Crippen molar-refractivity contribution in [2.75, 3.05) is 28.6 Å². The van der Waals surface area contributed by atoms with Crippen LogP contribution in [0.3, 0.4) is 0 Å². The molecule has 0 bridgehead atoms. The first-order chi connectivity index (χ1) is 13.5. The zero-order valence-corrected chi connectivity index (χ0v) is 17.2. The molecule has 0 radical (unpaired) electrons. The van der Waals surface area contributed by atoms with Crippen LogP contribution in [0.25, 0.3) is 0 Å². The summed E-state index contributed by atoms with van der Waals surface area (Å²) in [6, 6.07) is 9.39. The van der Waals surface area contributed by atoms with Gasteiger partial charge in [-0.15, -0.1) is 5.10 Å². The predicted molar refractivity (Wildman–Crippen MR) is 113 cm³/mol. The first-order valence-electron chi connectivity index (χ1n) is 9.08.